The Balaban J connectivity index is 1.64. The third-order valence-corrected chi connectivity index (χ3v) is 4.64. The molecule has 2 aromatic carbocycles. The summed E-state index contributed by atoms with van der Waals surface area (Å²) in [4.78, 5) is 24.2. The molecule has 3 rings (SSSR count). The number of benzene rings is 2. The Morgan fingerprint density at radius 3 is 2.32 bits per heavy atom. The quantitative estimate of drug-likeness (QED) is 0.732. The molecule has 25 heavy (non-hydrogen) atoms. The van der Waals surface area contributed by atoms with Crippen LogP contribution in [0.25, 0.3) is 0 Å². The SMILES string of the molecule is Cc1ccccc1NC(=O)C(=O)NCC(O)(c1ccccc1)C1CC1. The number of hydrogen-bond acceptors (Lipinski definition) is 3. The minimum atomic E-state index is -1.14. The zero-order valence-electron chi connectivity index (χ0n) is 14.2. The minimum absolute atomic E-state index is 0.0156. The molecule has 130 valence electrons. The van der Waals surface area contributed by atoms with Crippen molar-refractivity contribution in [1.82, 2.24) is 5.32 Å². The molecule has 2 amide bonds. The van der Waals surface area contributed by atoms with Crippen LogP contribution in [0.3, 0.4) is 0 Å². The molecule has 0 radical (unpaired) electrons. The van der Waals surface area contributed by atoms with Crippen LogP contribution in [0.5, 0.6) is 0 Å². The van der Waals surface area contributed by atoms with Crippen LogP contribution < -0.4 is 10.6 Å². The molecule has 0 aromatic heterocycles. The highest BCUT2D eigenvalue weighted by Gasteiger charge is 2.45. The van der Waals surface area contributed by atoms with Crippen molar-refractivity contribution in [1.29, 1.82) is 0 Å². The summed E-state index contributed by atoms with van der Waals surface area (Å²) in [5.41, 5.74) is 1.10. The van der Waals surface area contributed by atoms with Gasteiger partial charge in [0.05, 0.1) is 6.54 Å². The predicted molar refractivity (Wildman–Crippen MR) is 95.9 cm³/mol. The van der Waals surface area contributed by atoms with Crippen molar-refractivity contribution in [2.75, 3.05) is 11.9 Å². The lowest BCUT2D eigenvalue weighted by molar-refractivity contribution is -0.137. The molecule has 1 atom stereocenters. The van der Waals surface area contributed by atoms with E-state index >= 15 is 0 Å². The van der Waals surface area contributed by atoms with Crippen molar-refractivity contribution in [2.24, 2.45) is 5.92 Å². The second-order valence-electron chi connectivity index (χ2n) is 6.52. The van der Waals surface area contributed by atoms with Crippen LogP contribution >= 0.6 is 0 Å². The van der Waals surface area contributed by atoms with Gasteiger partial charge in [-0.3, -0.25) is 9.59 Å². The van der Waals surface area contributed by atoms with Gasteiger partial charge in [0.25, 0.3) is 0 Å². The van der Waals surface area contributed by atoms with Crippen LogP contribution in [0.2, 0.25) is 0 Å². The Labute approximate surface area is 147 Å². The summed E-state index contributed by atoms with van der Waals surface area (Å²) >= 11 is 0. The van der Waals surface area contributed by atoms with E-state index < -0.39 is 17.4 Å². The molecule has 1 saturated carbocycles. The van der Waals surface area contributed by atoms with Gasteiger partial charge in [0, 0.05) is 5.69 Å². The summed E-state index contributed by atoms with van der Waals surface area (Å²) in [7, 11) is 0. The van der Waals surface area contributed by atoms with E-state index in [0.717, 1.165) is 24.0 Å². The van der Waals surface area contributed by atoms with Gasteiger partial charge >= 0.3 is 11.8 Å². The van der Waals surface area contributed by atoms with Gasteiger partial charge in [-0.2, -0.15) is 0 Å². The fourth-order valence-corrected chi connectivity index (χ4v) is 2.96. The zero-order valence-corrected chi connectivity index (χ0v) is 14.2. The van der Waals surface area contributed by atoms with E-state index in [1.54, 1.807) is 12.1 Å². The average Bonchev–Trinajstić information content (AvgIpc) is 3.47. The summed E-state index contributed by atoms with van der Waals surface area (Å²) in [5, 5.41) is 16.2. The maximum absolute atomic E-state index is 12.1. The molecular weight excluding hydrogens is 316 g/mol. The Hall–Kier alpha value is -2.66. The van der Waals surface area contributed by atoms with Crippen LogP contribution in [0, 0.1) is 12.8 Å². The van der Waals surface area contributed by atoms with Gasteiger partial charge in [0.1, 0.15) is 5.60 Å². The minimum Gasteiger partial charge on any atom is -0.383 e. The van der Waals surface area contributed by atoms with Crippen LogP contribution in [0.4, 0.5) is 5.69 Å². The highest BCUT2D eigenvalue weighted by Crippen LogP contribution is 2.45. The fourth-order valence-electron chi connectivity index (χ4n) is 2.96. The van der Waals surface area contributed by atoms with Crippen molar-refractivity contribution >= 4 is 17.5 Å². The molecule has 0 saturated heterocycles. The first-order valence-electron chi connectivity index (χ1n) is 8.43. The number of anilines is 1. The van der Waals surface area contributed by atoms with Crippen molar-refractivity contribution < 1.29 is 14.7 Å². The van der Waals surface area contributed by atoms with Crippen LogP contribution in [0.15, 0.2) is 54.6 Å². The number of hydrogen-bond donors (Lipinski definition) is 3. The van der Waals surface area contributed by atoms with E-state index in [4.69, 9.17) is 0 Å². The molecular formula is C20H22N2O3. The van der Waals surface area contributed by atoms with E-state index in [2.05, 4.69) is 10.6 Å². The van der Waals surface area contributed by atoms with Crippen molar-refractivity contribution in [3.63, 3.8) is 0 Å². The summed E-state index contributed by atoms with van der Waals surface area (Å²) < 4.78 is 0. The van der Waals surface area contributed by atoms with Gasteiger partial charge in [-0.1, -0.05) is 48.5 Å². The van der Waals surface area contributed by atoms with Crippen LogP contribution in [-0.2, 0) is 15.2 Å². The molecule has 1 aliphatic rings. The summed E-state index contributed by atoms with van der Waals surface area (Å²) in [5.74, 6) is -1.38. The van der Waals surface area contributed by atoms with Crippen LogP contribution in [-0.4, -0.2) is 23.5 Å². The lowest BCUT2D eigenvalue weighted by Crippen LogP contribution is -2.45. The predicted octanol–water partition coefficient (Wildman–Crippen LogP) is 2.35. The third kappa shape index (κ3) is 3.88. The smallest absolute Gasteiger partial charge is 0.313 e. The Bertz CT molecular complexity index is 772. The fraction of sp³-hybridized carbons (Fsp3) is 0.300. The summed E-state index contributed by atoms with van der Waals surface area (Å²) in [6, 6.07) is 16.5. The number of aliphatic hydroxyl groups is 1. The molecule has 0 bridgehead atoms. The average molecular weight is 338 g/mol. The van der Waals surface area contributed by atoms with Crippen molar-refractivity contribution in [3.8, 4) is 0 Å². The van der Waals surface area contributed by atoms with Gasteiger partial charge in [-0.05, 0) is 42.9 Å². The molecule has 5 nitrogen and oxygen atoms in total. The molecule has 5 heteroatoms. The number of carbonyl (C=O) groups is 2. The first kappa shape index (κ1) is 17.2. The molecule has 0 spiro atoms. The van der Waals surface area contributed by atoms with Crippen molar-refractivity contribution in [2.45, 2.75) is 25.4 Å². The number of carbonyl (C=O) groups excluding carboxylic acids is 2. The molecule has 3 N–H and O–H groups in total. The van der Waals surface area contributed by atoms with Gasteiger partial charge < -0.3 is 15.7 Å². The Morgan fingerprint density at radius 1 is 1.04 bits per heavy atom. The highest BCUT2D eigenvalue weighted by atomic mass is 16.3. The lowest BCUT2D eigenvalue weighted by atomic mass is 9.88. The normalized spacial score (nSPS) is 15.9. The number of nitrogens with one attached hydrogen (secondary N) is 2. The molecule has 1 unspecified atom stereocenters. The Morgan fingerprint density at radius 2 is 1.68 bits per heavy atom. The monoisotopic (exact) mass is 338 g/mol. The van der Waals surface area contributed by atoms with Gasteiger partial charge in [0.2, 0.25) is 0 Å². The summed E-state index contributed by atoms with van der Waals surface area (Å²) in [6.07, 6.45) is 1.83. The largest absolute Gasteiger partial charge is 0.383 e. The highest BCUT2D eigenvalue weighted by molar-refractivity contribution is 6.39. The van der Waals surface area contributed by atoms with E-state index in [0.29, 0.717) is 5.69 Å². The summed E-state index contributed by atoms with van der Waals surface area (Å²) in [6.45, 7) is 1.87. The standard InChI is InChI=1S/C20H22N2O3/c1-14-7-5-6-10-17(14)22-19(24)18(23)21-13-20(25,16-11-12-16)15-8-3-2-4-9-15/h2-10,16,25H,11-13H2,1H3,(H,21,23)(H,22,24). The molecule has 1 fully saturated rings. The van der Waals surface area contributed by atoms with E-state index in [1.165, 1.54) is 0 Å². The number of aryl methyl sites for hydroxylation is 1. The van der Waals surface area contributed by atoms with E-state index in [-0.39, 0.29) is 12.5 Å². The van der Waals surface area contributed by atoms with E-state index in [1.807, 2.05) is 49.4 Å². The third-order valence-electron chi connectivity index (χ3n) is 4.64. The Kier molecular flexibility index (Phi) is 4.86. The second-order valence-corrected chi connectivity index (χ2v) is 6.52. The van der Waals surface area contributed by atoms with Gasteiger partial charge in [0.15, 0.2) is 0 Å². The first-order valence-corrected chi connectivity index (χ1v) is 8.43. The number of rotatable bonds is 5. The van der Waals surface area contributed by atoms with Crippen molar-refractivity contribution in [3.05, 3.63) is 65.7 Å². The molecule has 2 aromatic rings. The van der Waals surface area contributed by atoms with E-state index in [9.17, 15) is 14.7 Å². The maximum atomic E-state index is 12.1. The molecule has 0 aliphatic heterocycles. The molecule has 1 aliphatic carbocycles. The topological polar surface area (TPSA) is 78.4 Å². The zero-order chi connectivity index (χ0) is 17.9. The number of para-hydroxylation sites is 1. The van der Waals surface area contributed by atoms with Crippen LogP contribution in [0.1, 0.15) is 24.0 Å². The second kappa shape index (κ2) is 7.07. The lowest BCUT2D eigenvalue weighted by Gasteiger charge is -2.29. The maximum Gasteiger partial charge on any atom is 0.313 e. The number of amides is 2. The first-order chi connectivity index (χ1) is 12.0. The van der Waals surface area contributed by atoms with Gasteiger partial charge in [-0.25, -0.2) is 0 Å². The van der Waals surface area contributed by atoms with Gasteiger partial charge in [-0.15, -0.1) is 0 Å². The molecule has 0 heterocycles.